The van der Waals surface area contributed by atoms with Gasteiger partial charge in [-0.05, 0) is 54.1 Å². The first kappa shape index (κ1) is 27.4. The van der Waals surface area contributed by atoms with E-state index < -0.39 is 6.04 Å². The molecule has 2 aliphatic rings. The molecule has 1 aliphatic heterocycles. The van der Waals surface area contributed by atoms with Crippen molar-refractivity contribution in [3.05, 3.63) is 76.5 Å². The molecule has 0 spiro atoms. The molecule has 1 saturated carbocycles. The molecule has 4 aromatic rings. The first-order chi connectivity index (χ1) is 20.2. The molecule has 214 valence electrons. The molecule has 1 saturated heterocycles. The summed E-state index contributed by atoms with van der Waals surface area (Å²) >= 11 is 1.58. The van der Waals surface area contributed by atoms with Gasteiger partial charge in [0, 0.05) is 29.7 Å². The first-order valence-electron chi connectivity index (χ1n) is 14.5. The minimum absolute atomic E-state index is 0.00897. The Hall–Kier alpha value is -3.76. The summed E-state index contributed by atoms with van der Waals surface area (Å²) in [5.41, 5.74) is 3.41. The monoisotopic (exact) mass is 572 g/mol. The highest BCUT2D eigenvalue weighted by Gasteiger charge is 2.34. The van der Waals surface area contributed by atoms with E-state index in [-0.39, 0.29) is 24.4 Å². The van der Waals surface area contributed by atoms with E-state index in [0.29, 0.717) is 19.8 Å². The Bertz CT molecular complexity index is 1440. The van der Waals surface area contributed by atoms with Gasteiger partial charge in [-0.2, -0.15) is 0 Å². The fourth-order valence-electron chi connectivity index (χ4n) is 5.84. The van der Waals surface area contributed by atoms with Crippen LogP contribution in [0.2, 0.25) is 0 Å². The minimum atomic E-state index is -0.778. The minimum Gasteiger partial charge on any atom is -0.378 e. The molecule has 2 aromatic carbocycles. The van der Waals surface area contributed by atoms with Crippen molar-refractivity contribution in [2.24, 2.45) is 0 Å². The van der Waals surface area contributed by atoms with Crippen LogP contribution in [0.1, 0.15) is 48.6 Å². The molecule has 10 heteroatoms. The van der Waals surface area contributed by atoms with Crippen LogP contribution >= 0.6 is 11.3 Å². The molecular weight excluding hydrogens is 536 g/mol. The maximum absolute atomic E-state index is 14.1. The maximum atomic E-state index is 14.1. The Balaban J connectivity index is 1.33. The first-order valence-corrected chi connectivity index (χ1v) is 15.4. The molecule has 2 fully saturated rings. The van der Waals surface area contributed by atoms with Crippen LogP contribution in [0.5, 0.6) is 0 Å². The summed E-state index contributed by atoms with van der Waals surface area (Å²) in [7, 11) is 0. The number of ether oxygens (including phenoxy) is 1. The third-order valence-electron chi connectivity index (χ3n) is 8.03. The van der Waals surface area contributed by atoms with Crippen LogP contribution in [0.25, 0.3) is 11.0 Å². The van der Waals surface area contributed by atoms with Gasteiger partial charge in [-0.15, -0.1) is 16.4 Å². The van der Waals surface area contributed by atoms with Crippen molar-refractivity contribution in [1.29, 1.82) is 0 Å². The van der Waals surface area contributed by atoms with Crippen LogP contribution < -0.4 is 10.2 Å². The van der Waals surface area contributed by atoms with Gasteiger partial charge in [0.25, 0.3) is 0 Å². The number of rotatable bonds is 9. The molecule has 1 aliphatic carbocycles. The van der Waals surface area contributed by atoms with Gasteiger partial charge < -0.3 is 19.9 Å². The number of thiophene rings is 1. The SMILES string of the molecule is O=C(NC1CCCCC1)[C@H](c1ccc(N2CCOCC2)cc1)N(Cc1cccs1)C(=O)Cn1nnc2ccccc21. The number of carbonyl (C=O) groups excluding carboxylic acids is 2. The second kappa shape index (κ2) is 12.8. The number of nitrogens with one attached hydrogen (secondary N) is 1. The lowest BCUT2D eigenvalue weighted by Crippen LogP contribution is -2.47. The van der Waals surface area contributed by atoms with Gasteiger partial charge in [-0.3, -0.25) is 9.59 Å². The lowest BCUT2D eigenvalue weighted by Gasteiger charge is -2.34. The average molecular weight is 573 g/mol. The van der Waals surface area contributed by atoms with E-state index in [9.17, 15) is 9.59 Å². The standard InChI is InChI=1S/C31H36N6O3S/c38-29(22-37-28-11-5-4-10-27(28)33-34-37)36(21-26-9-6-20-41-26)30(31(39)32-24-7-2-1-3-8-24)23-12-14-25(15-13-23)35-16-18-40-19-17-35/h4-6,9-15,20,24,30H,1-3,7-8,16-19,21-22H2,(H,32,39)/t30-/m0/s1. The van der Waals surface area contributed by atoms with Crippen molar-refractivity contribution in [3.63, 3.8) is 0 Å². The number of hydrogen-bond donors (Lipinski definition) is 1. The summed E-state index contributed by atoms with van der Waals surface area (Å²) < 4.78 is 7.14. The highest BCUT2D eigenvalue weighted by atomic mass is 32.1. The molecule has 1 N–H and O–H groups in total. The molecule has 1 atom stereocenters. The number of carbonyl (C=O) groups is 2. The number of amides is 2. The quantitative estimate of drug-likeness (QED) is 0.317. The molecule has 2 aromatic heterocycles. The Morgan fingerprint density at radius 2 is 1.78 bits per heavy atom. The summed E-state index contributed by atoms with van der Waals surface area (Å²) in [6, 6.07) is 19.0. The summed E-state index contributed by atoms with van der Waals surface area (Å²) in [6.45, 7) is 3.39. The molecule has 0 unspecified atom stereocenters. The zero-order valence-corrected chi connectivity index (χ0v) is 24.0. The second-order valence-corrected chi connectivity index (χ2v) is 11.8. The predicted octanol–water partition coefficient (Wildman–Crippen LogP) is 4.55. The number of benzene rings is 2. The highest BCUT2D eigenvalue weighted by molar-refractivity contribution is 7.09. The van der Waals surface area contributed by atoms with Crippen molar-refractivity contribution in [2.45, 2.75) is 57.3 Å². The largest absolute Gasteiger partial charge is 0.378 e. The van der Waals surface area contributed by atoms with Gasteiger partial charge >= 0.3 is 0 Å². The van der Waals surface area contributed by atoms with Crippen molar-refractivity contribution < 1.29 is 14.3 Å². The molecular formula is C31H36N6O3S. The third kappa shape index (κ3) is 6.44. The van der Waals surface area contributed by atoms with Gasteiger partial charge in [-0.25, -0.2) is 4.68 Å². The zero-order valence-electron chi connectivity index (χ0n) is 23.2. The molecule has 9 nitrogen and oxygen atoms in total. The molecule has 3 heterocycles. The average Bonchev–Trinajstić information content (AvgIpc) is 3.68. The number of fused-ring (bicyclic) bond motifs is 1. The molecule has 2 amide bonds. The normalized spacial score (nSPS) is 16.9. The fraction of sp³-hybridized carbons (Fsp3) is 0.419. The lowest BCUT2D eigenvalue weighted by atomic mass is 9.94. The second-order valence-electron chi connectivity index (χ2n) is 10.8. The van der Waals surface area contributed by atoms with Gasteiger partial charge in [0.15, 0.2) is 0 Å². The van der Waals surface area contributed by atoms with Gasteiger partial charge in [0.05, 0.1) is 25.3 Å². The van der Waals surface area contributed by atoms with E-state index in [4.69, 9.17) is 4.74 Å². The smallest absolute Gasteiger partial charge is 0.247 e. The Labute approximate surface area is 244 Å². The summed E-state index contributed by atoms with van der Waals surface area (Å²) in [5, 5.41) is 13.8. The number of para-hydroxylation sites is 1. The van der Waals surface area contributed by atoms with E-state index in [1.54, 1.807) is 20.9 Å². The van der Waals surface area contributed by atoms with Gasteiger partial charge in [0.1, 0.15) is 18.1 Å². The van der Waals surface area contributed by atoms with Crippen molar-refractivity contribution in [2.75, 3.05) is 31.2 Å². The predicted molar refractivity (Wildman–Crippen MR) is 160 cm³/mol. The van der Waals surface area contributed by atoms with Crippen molar-refractivity contribution in [3.8, 4) is 0 Å². The van der Waals surface area contributed by atoms with E-state index in [2.05, 4.69) is 32.7 Å². The third-order valence-corrected chi connectivity index (χ3v) is 8.89. The summed E-state index contributed by atoms with van der Waals surface area (Å²) in [6.07, 6.45) is 5.37. The highest BCUT2D eigenvalue weighted by Crippen LogP contribution is 2.29. The summed E-state index contributed by atoms with van der Waals surface area (Å²) in [4.78, 5) is 33.3. The van der Waals surface area contributed by atoms with Crippen LogP contribution in [-0.2, 0) is 27.4 Å². The molecule has 0 radical (unpaired) electrons. The fourth-order valence-corrected chi connectivity index (χ4v) is 6.54. The molecule has 0 bridgehead atoms. The van der Waals surface area contributed by atoms with Crippen LogP contribution in [0.4, 0.5) is 5.69 Å². The number of hydrogen-bond acceptors (Lipinski definition) is 7. The van der Waals surface area contributed by atoms with Gasteiger partial charge in [0.2, 0.25) is 11.8 Å². The number of aromatic nitrogens is 3. The van der Waals surface area contributed by atoms with E-state index in [1.807, 2.05) is 53.9 Å². The Morgan fingerprint density at radius 1 is 1.00 bits per heavy atom. The van der Waals surface area contributed by atoms with Crippen molar-refractivity contribution in [1.82, 2.24) is 25.2 Å². The molecule has 6 rings (SSSR count). The number of nitrogens with zero attached hydrogens (tertiary/aromatic N) is 5. The Kier molecular flexibility index (Phi) is 8.57. The topological polar surface area (TPSA) is 92.6 Å². The maximum Gasteiger partial charge on any atom is 0.247 e. The molecule has 41 heavy (non-hydrogen) atoms. The van der Waals surface area contributed by atoms with Gasteiger partial charge in [-0.1, -0.05) is 54.8 Å². The van der Waals surface area contributed by atoms with E-state index in [1.165, 1.54) is 6.42 Å². The summed E-state index contributed by atoms with van der Waals surface area (Å²) in [5.74, 6) is -0.320. The number of anilines is 1. The van der Waals surface area contributed by atoms with E-state index in [0.717, 1.165) is 65.9 Å². The zero-order chi connectivity index (χ0) is 28.0. The van der Waals surface area contributed by atoms with Crippen LogP contribution in [0.3, 0.4) is 0 Å². The Morgan fingerprint density at radius 3 is 2.54 bits per heavy atom. The van der Waals surface area contributed by atoms with Crippen LogP contribution in [0.15, 0.2) is 66.0 Å². The van der Waals surface area contributed by atoms with Crippen LogP contribution in [0, 0.1) is 0 Å². The van der Waals surface area contributed by atoms with Crippen LogP contribution in [-0.4, -0.2) is 64.1 Å². The number of morpholine rings is 1. The lowest BCUT2D eigenvalue weighted by molar-refractivity contribution is -0.142. The van der Waals surface area contributed by atoms with Crippen molar-refractivity contribution >= 4 is 39.9 Å². The van der Waals surface area contributed by atoms with E-state index >= 15 is 0 Å².